The summed E-state index contributed by atoms with van der Waals surface area (Å²) in [5, 5.41) is 16.8. The maximum atomic E-state index is 12.2. The maximum Gasteiger partial charge on any atom is 0.270 e. The number of nitro benzene ring substituents is 1. The summed E-state index contributed by atoms with van der Waals surface area (Å²) in [4.78, 5) is 26.8. The summed E-state index contributed by atoms with van der Waals surface area (Å²) in [5.41, 5.74) is 0.823. The highest BCUT2D eigenvalue weighted by atomic mass is 16.6. The number of anilines is 1. The van der Waals surface area contributed by atoms with Crippen LogP contribution in [0.4, 0.5) is 11.5 Å². The number of ether oxygens (including phenoxy) is 1. The molecule has 1 aliphatic heterocycles. The number of carbonyl (C=O) groups excluding carboxylic acids is 1. The molecule has 0 bridgehead atoms. The molecular formula is C15H14N4O4. The molecule has 0 aliphatic carbocycles. The minimum atomic E-state index is -0.661. The fourth-order valence-electron chi connectivity index (χ4n) is 2.40. The van der Waals surface area contributed by atoms with E-state index in [1.165, 1.54) is 18.2 Å². The topological polar surface area (TPSA) is 106 Å². The van der Waals surface area contributed by atoms with Gasteiger partial charge in [0.25, 0.3) is 11.6 Å². The Morgan fingerprint density at radius 3 is 2.91 bits per heavy atom. The number of nitro groups is 1. The molecule has 1 atom stereocenters. The van der Waals surface area contributed by atoms with Crippen LogP contribution in [0.1, 0.15) is 29.0 Å². The first kappa shape index (κ1) is 14.8. The molecule has 0 saturated heterocycles. The number of carbonyl (C=O) groups is 1. The van der Waals surface area contributed by atoms with Gasteiger partial charge >= 0.3 is 0 Å². The van der Waals surface area contributed by atoms with Crippen molar-refractivity contribution in [3.05, 3.63) is 57.8 Å². The number of nitrogens with zero attached hydrogens (tertiary/aromatic N) is 2. The van der Waals surface area contributed by atoms with Crippen LogP contribution in [0.2, 0.25) is 0 Å². The zero-order chi connectivity index (χ0) is 16.4. The second-order valence-corrected chi connectivity index (χ2v) is 4.86. The SMILES string of the molecule is CCOc1ccc([N+](=O)[O-])cc1[C@H]1NC(=O)c2cccnc2N1. The molecule has 2 heterocycles. The van der Waals surface area contributed by atoms with Gasteiger partial charge in [0.1, 0.15) is 17.7 Å². The molecule has 0 radical (unpaired) electrons. The number of amides is 1. The lowest BCUT2D eigenvalue weighted by Gasteiger charge is -2.28. The molecule has 1 amide bonds. The molecule has 0 spiro atoms. The Bertz CT molecular complexity index is 778. The molecule has 3 rings (SSSR count). The number of hydrogen-bond acceptors (Lipinski definition) is 6. The van der Waals surface area contributed by atoms with Gasteiger partial charge in [-0.15, -0.1) is 0 Å². The summed E-state index contributed by atoms with van der Waals surface area (Å²) in [7, 11) is 0. The molecule has 0 fully saturated rings. The van der Waals surface area contributed by atoms with Gasteiger partial charge < -0.3 is 15.4 Å². The van der Waals surface area contributed by atoms with E-state index in [0.717, 1.165) is 0 Å². The summed E-state index contributed by atoms with van der Waals surface area (Å²) in [6.45, 7) is 2.22. The van der Waals surface area contributed by atoms with Crippen molar-refractivity contribution in [1.82, 2.24) is 10.3 Å². The van der Waals surface area contributed by atoms with Crippen LogP contribution < -0.4 is 15.4 Å². The molecule has 1 aliphatic rings. The second kappa shape index (κ2) is 5.91. The van der Waals surface area contributed by atoms with Gasteiger partial charge in [-0.1, -0.05) is 0 Å². The molecule has 2 aromatic rings. The van der Waals surface area contributed by atoms with E-state index in [1.807, 2.05) is 6.92 Å². The lowest BCUT2D eigenvalue weighted by molar-refractivity contribution is -0.385. The Labute approximate surface area is 131 Å². The van der Waals surface area contributed by atoms with Crippen molar-refractivity contribution in [3.8, 4) is 5.75 Å². The fourth-order valence-corrected chi connectivity index (χ4v) is 2.40. The van der Waals surface area contributed by atoms with Gasteiger partial charge in [0.15, 0.2) is 0 Å². The molecule has 118 valence electrons. The van der Waals surface area contributed by atoms with Gasteiger partial charge in [-0.05, 0) is 25.1 Å². The smallest absolute Gasteiger partial charge is 0.270 e. The summed E-state index contributed by atoms with van der Waals surface area (Å²) in [6, 6.07) is 7.60. The molecule has 2 N–H and O–H groups in total. The minimum Gasteiger partial charge on any atom is -0.493 e. The van der Waals surface area contributed by atoms with E-state index in [0.29, 0.717) is 29.3 Å². The number of fused-ring (bicyclic) bond motifs is 1. The Morgan fingerprint density at radius 2 is 2.17 bits per heavy atom. The fraction of sp³-hybridized carbons (Fsp3) is 0.200. The number of aromatic nitrogens is 1. The Morgan fingerprint density at radius 1 is 1.35 bits per heavy atom. The van der Waals surface area contributed by atoms with Crippen molar-refractivity contribution in [1.29, 1.82) is 0 Å². The average Bonchev–Trinajstić information content (AvgIpc) is 2.55. The number of benzene rings is 1. The minimum absolute atomic E-state index is 0.0775. The highest BCUT2D eigenvalue weighted by Gasteiger charge is 2.28. The first-order valence-corrected chi connectivity index (χ1v) is 7.03. The van der Waals surface area contributed by atoms with Gasteiger partial charge in [-0.3, -0.25) is 14.9 Å². The molecule has 0 unspecified atom stereocenters. The van der Waals surface area contributed by atoms with E-state index >= 15 is 0 Å². The predicted molar refractivity (Wildman–Crippen MR) is 82.3 cm³/mol. The largest absolute Gasteiger partial charge is 0.493 e. The van der Waals surface area contributed by atoms with Crippen LogP contribution >= 0.6 is 0 Å². The summed E-state index contributed by atoms with van der Waals surface area (Å²) in [6.07, 6.45) is 0.907. The molecular weight excluding hydrogens is 300 g/mol. The van der Waals surface area contributed by atoms with E-state index in [-0.39, 0.29) is 11.6 Å². The van der Waals surface area contributed by atoms with Crippen LogP contribution in [0.15, 0.2) is 36.5 Å². The van der Waals surface area contributed by atoms with Crippen LogP contribution in [-0.4, -0.2) is 22.4 Å². The predicted octanol–water partition coefficient (Wildman–Crippen LogP) is 2.24. The third kappa shape index (κ3) is 2.78. The van der Waals surface area contributed by atoms with Gasteiger partial charge in [0, 0.05) is 23.9 Å². The van der Waals surface area contributed by atoms with Crippen molar-refractivity contribution in [2.45, 2.75) is 13.1 Å². The van der Waals surface area contributed by atoms with Crippen LogP contribution in [-0.2, 0) is 0 Å². The van der Waals surface area contributed by atoms with Crippen molar-refractivity contribution < 1.29 is 14.5 Å². The summed E-state index contributed by atoms with van der Waals surface area (Å²) in [5.74, 6) is 0.594. The number of non-ortho nitro benzene ring substituents is 1. The Balaban J connectivity index is 2.02. The molecule has 1 aromatic heterocycles. The first-order chi connectivity index (χ1) is 11.1. The monoisotopic (exact) mass is 314 g/mol. The molecule has 8 nitrogen and oxygen atoms in total. The lowest BCUT2D eigenvalue weighted by atomic mass is 10.1. The van der Waals surface area contributed by atoms with Gasteiger partial charge in [0.05, 0.1) is 17.1 Å². The van der Waals surface area contributed by atoms with E-state index < -0.39 is 11.1 Å². The molecule has 1 aromatic carbocycles. The highest BCUT2D eigenvalue weighted by Crippen LogP contribution is 2.32. The first-order valence-electron chi connectivity index (χ1n) is 7.03. The summed E-state index contributed by atoms with van der Waals surface area (Å²) >= 11 is 0. The van der Waals surface area contributed by atoms with Crippen molar-refractivity contribution >= 4 is 17.4 Å². The zero-order valence-electron chi connectivity index (χ0n) is 12.3. The highest BCUT2D eigenvalue weighted by molar-refractivity contribution is 6.00. The van der Waals surface area contributed by atoms with Gasteiger partial charge in [-0.25, -0.2) is 4.98 Å². The summed E-state index contributed by atoms with van der Waals surface area (Å²) < 4.78 is 5.51. The van der Waals surface area contributed by atoms with E-state index in [1.54, 1.807) is 18.3 Å². The number of nitrogens with one attached hydrogen (secondary N) is 2. The van der Waals surface area contributed by atoms with Crippen molar-refractivity contribution in [2.75, 3.05) is 11.9 Å². The van der Waals surface area contributed by atoms with Gasteiger partial charge in [0.2, 0.25) is 0 Å². The lowest BCUT2D eigenvalue weighted by Crippen LogP contribution is -2.39. The number of hydrogen-bond donors (Lipinski definition) is 2. The van der Waals surface area contributed by atoms with Crippen molar-refractivity contribution in [2.24, 2.45) is 0 Å². The van der Waals surface area contributed by atoms with Crippen LogP contribution in [0.25, 0.3) is 0 Å². The quantitative estimate of drug-likeness (QED) is 0.662. The zero-order valence-corrected chi connectivity index (χ0v) is 12.3. The molecule has 8 heteroatoms. The Hall–Kier alpha value is -3.16. The van der Waals surface area contributed by atoms with E-state index in [2.05, 4.69) is 15.6 Å². The third-order valence-electron chi connectivity index (χ3n) is 3.42. The average molecular weight is 314 g/mol. The van der Waals surface area contributed by atoms with Gasteiger partial charge in [-0.2, -0.15) is 0 Å². The second-order valence-electron chi connectivity index (χ2n) is 4.86. The van der Waals surface area contributed by atoms with Crippen LogP contribution in [0, 0.1) is 10.1 Å². The number of pyridine rings is 1. The maximum absolute atomic E-state index is 12.2. The molecule has 23 heavy (non-hydrogen) atoms. The van der Waals surface area contributed by atoms with Crippen molar-refractivity contribution in [3.63, 3.8) is 0 Å². The van der Waals surface area contributed by atoms with E-state index in [4.69, 9.17) is 4.74 Å². The van der Waals surface area contributed by atoms with Crippen LogP contribution in [0.5, 0.6) is 5.75 Å². The number of rotatable bonds is 4. The standard InChI is InChI=1S/C15H14N4O4/c1-2-23-12-6-5-9(19(21)22)8-11(12)14-17-13-10(15(20)18-14)4-3-7-16-13/h3-8,14H,2H2,1H3,(H,16,17)(H,18,20)/t14-/m1/s1. The normalized spacial score (nSPS) is 16.0. The van der Waals surface area contributed by atoms with E-state index in [9.17, 15) is 14.9 Å². The Kier molecular flexibility index (Phi) is 3.80. The third-order valence-corrected chi connectivity index (χ3v) is 3.42. The van der Waals surface area contributed by atoms with Crippen LogP contribution in [0.3, 0.4) is 0 Å². The molecule has 0 saturated carbocycles.